The Morgan fingerprint density at radius 2 is 1.90 bits per heavy atom. The van der Waals surface area contributed by atoms with Crippen molar-refractivity contribution in [3.05, 3.63) is 24.0 Å². The van der Waals surface area contributed by atoms with Gasteiger partial charge < -0.3 is 17.7 Å². The molecule has 112 valence electrons. The van der Waals surface area contributed by atoms with Crippen molar-refractivity contribution in [2.45, 2.75) is 45.1 Å². The van der Waals surface area contributed by atoms with E-state index < -0.39 is 18.3 Å². The van der Waals surface area contributed by atoms with Gasteiger partial charge in [-0.25, -0.2) is 4.39 Å². The maximum absolute atomic E-state index is 13.2. The highest BCUT2D eigenvalue weighted by atomic mass is 19.4. The van der Waals surface area contributed by atoms with Crippen LogP contribution >= 0.6 is 0 Å². The number of hydrogen-bond donors (Lipinski definition) is 0. The van der Waals surface area contributed by atoms with Crippen LogP contribution in [0.4, 0.5) is 17.3 Å². The van der Waals surface area contributed by atoms with Gasteiger partial charge in [0.15, 0.2) is 0 Å². The van der Waals surface area contributed by atoms with Gasteiger partial charge in [0.05, 0.1) is 5.75 Å². The molecule has 2 unspecified atom stereocenters. The Labute approximate surface area is 116 Å². The molecule has 0 spiro atoms. The van der Waals surface area contributed by atoms with E-state index >= 15 is 0 Å². The standard InChI is InChI=1S/C14H18BF4O/c1-2-10-5-3-4-6-13(10)20-14-9-11(16)7-8-12(14)15(17,18)19/h7-10,13H,2-6H2,1H3/q-1. The zero-order chi connectivity index (χ0) is 14.8. The predicted octanol–water partition coefficient (Wildman–Crippen LogP) is 4.23. The van der Waals surface area contributed by atoms with Crippen LogP contribution in [0.2, 0.25) is 0 Å². The number of ether oxygens (including phenoxy) is 1. The van der Waals surface area contributed by atoms with Crippen molar-refractivity contribution in [1.29, 1.82) is 0 Å². The van der Waals surface area contributed by atoms with Gasteiger partial charge in [0, 0.05) is 6.07 Å². The topological polar surface area (TPSA) is 9.23 Å². The van der Waals surface area contributed by atoms with Crippen LogP contribution in [0, 0.1) is 11.7 Å². The van der Waals surface area contributed by atoms with Gasteiger partial charge in [-0.05, 0) is 37.7 Å². The Balaban J connectivity index is 2.25. The van der Waals surface area contributed by atoms with E-state index in [2.05, 4.69) is 0 Å². The maximum Gasteiger partial charge on any atom is 0.513 e. The molecule has 0 N–H and O–H groups in total. The molecule has 0 radical (unpaired) electrons. The first-order chi connectivity index (χ1) is 9.41. The second kappa shape index (κ2) is 6.06. The maximum atomic E-state index is 13.2. The summed E-state index contributed by atoms with van der Waals surface area (Å²) in [5, 5.41) is 0. The minimum absolute atomic E-state index is 0.243. The summed E-state index contributed by atoms with van der Waals surface area (Å²) in [6, 6.07) is 2.45. The number of halogens is 4. The van der Waals surface area contributed by atoms with Gasteiger partial charge in [0.1, 0.15) is 11.9 Å². The molecule has 2 rings (SSSR count). The van der Waals surface area contributed by atoms with Crippen molar-refractivity contribution in [1.82, 2.24) is 0 Å². The average Bonchev–Trinajstić information content (AvgIpc) is 2.38. The van der Waals surface area contributed by atoms with Crippen molar-refractivity contribution >= 4 is 12.4 Å². The third kappa shape index (κ3) is 3.47. The fourth-order valence-corrected chi connectivity index (χ4v) is 2.84. The summed E-state index contributed by atoms with van der Waals surface area (Å²) in [5.41, 5.74) is -0.841. The molecule has 20 heavy (non-hydrogen) atoms. The largest absolute Gasteiger partial charge is 0.513 e. The summed E-state index contributed by atoms with van der Waals surface area (Å²) in [6.45, 7) is -3.19. The lowest BCUT2D eigenvalue weighted by atomic mass is 9.79. The number of rotatable bonds is 4. The SMILES string of the molecule is CCC1CCCCC1Oc1cc(F)ccc1[B-](F)(F)F. The molecule has 0 saturated heterocycles. The zero-order valence-electron chi connectivity index (χ0n) is 11.4. The van der Waals surface area contributed by atoms with E-state index in [4.69, 9.17) is 4.74 Å². The van der Waals surface area contributed by atoms with Gasteiger partial charge >= 0.3 is 6.98 Å². The van der Waals surface area contributed by atoms with E-state index in [0.29, 0.717) is 0 Å². The molecular weight excluding hydrogens is 271 g/mol. The molecule has 6 heteroatoms. The van der Waals surface area contributed by atoms with Crippen LogP contribution in [0.5, 0.6) is 5.75 Å². The van der Waals surface area contributed by atoms with Gasteiger partial charge in [-0.3, -0.25) is 0 Å². The highest BCUT2D eigenvalue weighted by Crippen LogP contribution is 2.31. The first-order valence-electron chi connectivity index (χ1n) is 7.08. The van der Waals surface area contributed by atoms with E-state index in [0.717, 1.165) is 50.3 Å². The van der Waals surface area contributed by atoms with E-state index in [9.17, 15) is 17.3 Å². The summed E-state index contributed by atoms with van der Waals surface area (Å²) < 4.78 is 57.7. The van der Waals surface area contributed by atoms with Crippen molar-refractivity contribution < 1.29 is 22.1 Å². The minimum Gasteiger partial charge on any atom is -0.493 e. The van der Waals surface area contributed by atoms with Crippen LogP contribution in [0.1, 0.15) is 39.0 Å². The van der Waals surface area contributed by atoms with Crippen molar-refractivity contribution in [3.63, 3.8) is 0 Å². The van der Waals surface area contributed by atoms with Crippen molar-refractivity contribution in [3.8, 4) is 5.75 Å². The van der Waals surface area contributed by atoms with Crippen LogP contribution in [0.15, 0.2) is 18.2 Å². The Kier molecular flexibility index (Phi) is 4.61. The van der Waals surface area contributed by atoms with Gasteiger partial charge in [-0.2, -0.15) is 0 Å². The van der Waals surface area contributed by atoms with Gasteiger partial charge in [0.25, 0.3) is 0 Å². The van der Waals surface area contributed by atoms with Gasteiger partial charge in [0.2, 0.25) is 0 Å². The summed E-state index contributed by atoms with van der Waals surface area (Å²) >= 11 is 0. The molecule has 0 heterocycles. The molecule has 1 aliphatic carbocycles. The fourth-order valence-electron chi connectivity index (χ4n) is 2.84. The Hall–Kier alpha value is -1.20. The molecule has 0 amide bonds. The van der Waals surface area contributed by atoms with Crippen LogP contribution in [-0.4, -0.2) is 13.1 Å². The summed E-state index contributed by atoms with van der Waals surface area (Å²) in [4.78, 5) is 0. The van der Waals surface area contributed by atoms with E-state index in [-0.39, 0.29) is 17.8 Å². The monoisotopic (exact) mass is 289 g/mol. The first-order valence-corrected chi connectivity index (χ1v) is 7.08. The second-order valence-electron chi connectivity index (χ2n) is 5.37. The lowest BCUT2D eigenvalue weighted by Gasteiger charge is -2.33. The molecule has 1 aromatic rings. The van der Waals surface area contributed by atoms with Crippen LogP contribution < -0.4 is 10.2 Å². The lowest BCUT2D eigenvalue weighted by Crippen LogP contribution is -2.38. The number of benzene rings is 1. The van der Waals surface area contributed by atoms with Crippen LogP contribution in [0.3, 0.4) is 0 Å². The zero-order valence-corrected chi connectivity index (χ0v) is 11.4. The molecule has 1 saturated carbocycles. The molecule has 0 aromatic heterocycles. The minimum atomic E-state index is -5.19. The fraction of sp³-hybridized carbons (Fsp3) is 0.571. The van der Waals surface area contributed by atoms with Gasteiger partial charge in [-0.15, -0.1) is 0 Å². The first kappa shape index (κ1) is 15.2. The second-order valence-corrected chi connectivity index (χ2v) is 5.37. The summed E-state index contributed by atoms with van der Waals surface area (Å²) in [7, 11) is 0. The highest BCUT2D eigenvalue weighted by Gasteiger charge is 2.32. The Morgan fingerprint density at radius 1 is 1.20 bits per heavy atom. The normalized spacial score (nSPS) is 23.6. The smallest absolute Gasteiger partial charge is 0.493 e. The summed E-state index contributed by atoms with van der Waals surface area (Å²) in [5.74, 6) is -0.809. The van der Waals surface area contributed by atoms with Crippen molar-refractivity contribution in [2.75, 3.05) is 0 Å². The Morgan fingerprint density at radius 3 is 2.55 bits per heavy atom. The third-order valence-electron chi connectivity index (χ3n) is 3.97. The molecule has 1 aromatic carbocycles. The molecular formula is C14H18BF4O-. The molecule has 0 aliphatic heterocycles. The average molecular weight is 289 g/mol. The lowest BCUT2D eigenvalue weighted by molar-refractivity contribution is 0.0908. The molecule has 0 bridgehead atoms. The predicted molar refractivity (Wildman–Crippen MR) is 71.8 cm³/mol. The van der Waals surface area contributed by atoms with E-state index in [1.165, 1.54) is 0 Å². The molecule has 2 atom stereocenters. The van der Waals surface area contributed by atoms with E-state index in [1.54, 1.807) is 0 Å². The highest BCUT2D eigenvalue weighted by molar-refractivity contribution is 6.74. The summed E-state index contributed by atoms with van der Waals surface area (Å²) in [6.07, 6.45) is 4.35. The quantitative estimate of drug-likeness (QED) is 0.595. The molecule has 1 fully saturated rings. The van der Waals surface area contributed by atoms with Gasteiger partial charge in [-0.1, -0.05) is 24.9 Å². The van der Waals surface area contributed by atoms with Crippen LogP contribution in [0.25, 0.3) is 0 Å². The number of hydrogen-bond acceptors (Lipinski definition) is 1. The van der Waals surface area contributed by atoms with Crippen molar-refractivity contribution in [2.24, 2.45) is 5.92 Å². The van der Waals surface area contributed by atoms with Crippen LogP contribution in [-0.2, 0) is 0 Å². The van der Waals surface area contributed by atoms with E-state index in [1.807, 2.05) is 6.92 Å². The Bertz CT molecular complexity index is 461. The molecule has 1 nitrogen and oxygen atoms in total. The molecule has 1 aliphatic rings. The third-order valence-corrected chi connectivity index (χ3v) is 3.97.